The Bertz CT molecular complexity index is 559. The third kappa shape index (κ3) is 6.52. The van der Waals surface area contributed by atoms with Gasteiger partial charge in [0.1, 0.15) is 5.75 Å². The van der Waals surface area contributed by atoms with Crippen molar-refractivity contribution in [3.63, 3.8) is 0 Å². The fourth-order valence-electron chi connectivity index (χ4n) is 2.40. The van der Waals surface area contributed by atoms with E-state index in [2.05, 4.69) is 32.5 Å². The highest BCUT2D eigenvalue weighted by atomic mass is 19.4. The van der Waals surface area contributed by atoms with E-state index in [0.29, 0.717) is 19.0 Å². The van der Waals surface area contributed by atoms with E-state index in [9.17, 15) is 13.2 Å². The molecule has 0 amide bonds. The predicted molar refractivity (Wildman–Crippen MR) is 88.1 cm³/mol. The molecule has 1 aliphatic carbocycles. The van der Waals surface area contributed by atoms with Gasteiger partial charge in [-0.2, -0.15) is 0 Å². The van der Waals surface area contributed by atoms with Gasteiger partial charge in [0.2, 0.25) is 0 Å². The van der Waals surface area contributed by atoms with Crippen LogP contribution in [0.25, 0.3) is 0 Å². The van der Waals surface area contributed by atoms with Crippen LogP contribution in [-0.2, 0) is 6.42 Å². The Kier molecular flexibility index (Phi) is 6.52. The van der Waals surface area contributed by atoms with Crippen molar-refractivity contribution in [2.75, 3.05) is 13.1 Å². The second kappa shape index (κ2) is 8.61. The standard InChI is InChI=1S/C17H22F3N3O/c1-2-21-16(23-14-5-3-4-6-14)22-12-11-13-7-9-15(10-8-13)24-17(18,19)20/h3-4,7-10,14H,2,5-6,11-12H2,1H3,(H2,21,22,23). The van der Waals surface area contributed by atoms with Gasteiger partial charge in [-0.05, 0) is 43.9 Å². The Hall–Kier alpha value is -2.18. The number of guanidine groups is 1. The van der Waals surface area contributed by atoms with Gasteiger partial charge in [0, 0.05) is 19.1 Å². The molecule has 1 aromatic rings. The average molecular weight is 341 g/mol. The van der Waals surface area contributed by atoms with Crippen molar-refractivity contribution in [2.24, 2.45) is 4.99 Å². The highest BCUT2D eigenvalue weighted by Crippen LogP contribution is 2.22. The SMILES string of the molecule is CCNC(=NCCc1ccc(OC(F)(F)F)cc1)NC1CC=CC1. The van der Waals surface area contributed by atoms with Crippen LogP contribution in [0, 0.1) is 0 Å². The van der Waals surface area contributed by atoms with Gasteiger partial charge in [-0.1, -0.05) is 24.3 Å². The summed E-state index contributed by atoms with van der Waals surface area (Å²) in [4.78, 5) is 4.51. The van der Waals surface area contributed by atoms with E-state index >= 15 is 0 Å². The third-order valence-electron chi connectivity index (χ3n) is 3.52. The molecule has 1 aliphatic rings. The first-order chi connectivity index (χ1) is 11.5. The molecule has 0 saturated carbocycles. The van der Waals surface area contributed by atoms with Gasteiger partial charge in [0.25, 0.3) is 0 Å². The first kappa shape index (κ1) is 18.2. The topological polar surface area (TPSA) is 45.7 Å². The minimum Gasteiger partial charge on any atom is -0.406 e. The van der Waals surface area contributed by atoms with E-state index < -0.39 is 6.36 Å². The van der Waals surface area contributed by atoms with Gasteiger partial charge in [0.05, 0.1) is 0 Å². The van der Waals surface area contributed by atoms with Crippen LogP contribution < -0.4 is 15.4 Å². The number of nitrogens with zero attached hydrogens (tertiary/aromatic N) is 1. The molecule has 0 unspecified atom stereocenters. The lowest BCUT2D eigenvalue weighted by molar-refractivity contribution is -0.274. The van der Waals surface area contributed by atoms with Gasteiger partial charge in [-0.3, -0.25) is 4.99 Å². The number of benzene rings is 1. The normalized spacial score (nSPS) is 15.6. The number of hydrogen-bond acceptors (Lipinski definition) is 2. The molecule has 1 aromatic carbocycles. The Labute approximate surface area is 139 Å². The van der Waals surface area contributed by atoms with E-state index in [1.807, 2.05) is 6.92 Å². The molecule has 0 radical (unpaired) electrons. The number of rotatable bonds is 6. The summed E-state index contributed by atoms with van der Waals surface area (Å²) in [6.45, 7) is 3.33. The molecule has 0 fully saturated rings. The van der Waals surface area contributed by atoms with Gasteiger partial charge in [-0.25, -0.2) is 0 Å². The second-order valence-corrected chi connectivity index (χ2v) is 5.49. The van der Waals surface area contributed by atoms with Crippen LogP contribution in [0.3, 0.4) is 0 Å². The molecular formula is C17H22F3N3O. The van der Waals surface area contributed by atoms with Crippen LogP contribution in [0.1, 0.15) is 25.3 Å². The molecule has 0 aliphatic heterocycles. The lowest BCUT2D eigenvalue weighted by Gasteiger charge is -2.16. The minimum atomic E-state index is -4.66. The van der Waals surface area contributed by atoms with E-state index in [1.165, 1.54) is 12.1 Å². The quantitative estimate of drug-likeness (QED) is 0.474. The summed E-state index contributed by atoms with van der Waals surface area (Å²) in [5.41, 5.74) is 0.909. The first-order valence-electron chi connectivity index (χ1n) is 8.01. The fraction of sp³-hybridized carbons (Fsp3) is 0.471. The molecule has 132 valence electrons. The summed E-state index contributed by atoms with van der Waals surface area (Å²) in [5.74, 6) is 0.557. The van der Waals surface area contributed by atoms with Gasteiger partial charge >= 0.3 is 6.36 Å². The van der Waals surface area contributed by atoms with Crippen molar-refractivity contribution in [1.82, 2.24) is 10.6 Å². The van der Waals surface area contributed by atoms with Crippen LogP contribution >= 0.6 is 0 Å². The molecule has 4 nitrogen and oxygen atoms in total. The van der Waals surface area contributed by atoms with E-state index in [1.54, 1.807) is 12.1 Å². The highest BCUT2D eigenvalue weighted by Gasteiger charge is 2.30. The zero-order chi connectivity index (χ0) is 17.4. The van der Waals surface area contributed by atoms with Crippen LogP contribution in [-0.4, -0.2) is 31.5 Å². The molecule has 24 heavy (non-hydrogen) atoms. The number of alkyl halides is 3. The summed E-state index contributed by atoms with van der Waals surface area (Å²) in [6.07, 6.45) is 2.26. The van der Waals surface area contributed by atoms with Crippen molar-refractivity contribution in [2.45, 2.75) is 38.6 Å². The third-order valence-corrected chi connectivity index (χ3v) is 3.52. The Morgan fingerprint density at radius 2 is 1.88 bits per heavy atom. The van der Waals surface area contributed by atoms with Crippen molar-refractivity contribution in [1.29, 1.82) is 0 Å². The average Bonchev–Trinajstić information content (AvgIpc) is 3.01. The Morgan fingerprint density at radius 1 is 1.21 bits per heavy atom. The molecule has 0 bridgehead atoms. The van der Waals surface area contributed by atoms with Crippen molar-refractivity contribution in [3.05, 3.63) is 42.0 Å². The summed E-state index contributed by atoms with van der Waals surface area (Å²) >= 11 is 0. The van der Waals surface area contributed by atoms with Crippen LogP contribution in [0.2, 0.25) is 0 Å². The molecule has 2 rings (SSSR count). The Balaban J connectivity index is 1.83. The summed E-state index contributed by atoms with van der Waals surface area (Å²) in [6, 6.07) is 6.26. The molecular weight excluding hydrogens is 319 g/mol. The molecule has 0 spiro atoms. The van der Waals surface area contributed by atoms with Crippen molar-refractivity contribution < 1.29 is 17.9 Å². The lowest BCUT2D eigenvalue weighted by Crippen LogP contribution is -2.42. The maximum Gasteiger partial charge on any atom is 0.573 e. The summed E-state index contributed by atoms with van der Waals surface area (Å²) in [5, 5.41) is 6.57. The molecule has 7 heteroatoms. The van der Waals surface area contributed by atoms with E-state index in [-0.39, 0.29) is 5.75 Å². The predicted octanol–water partition coefficient (Wildman–Crippen LogP) is 3.40. The maximum atomic E-state index is 12.1. The Morgan fingerprint density at radius 3 is 2.46 bits per heavy atom. The fourth-order valence-corrected chi connectivity index (χ4v) is 2.40. The highest BCUT2D eigenvalue weighted by molar-refractivity contribution is 5.80. The monoisotopic (exact) mass is 341 g/mol. The lowest BCUT2D eigenvalue weighted by atomic mass is 10.1. The smallest absolute Gasteiger partial charge is 0.406 e. The van der Waals surface area contributed by atoms with Gasteiger partial charge in [0.15, 0.2) is 5.96 Å². The molecule has 0 saturated heterocycles. The summed E-state index contributed by atoms with van der Waals surface area (Å²) < 4.78 is 40.2. The molecule has 0 aromatic heterocycles. The number of hydrogen-bond donors (Lipinski definition) is 2. The first-order valence-corrected chi connectivity index (χ1v) is 8.01. The molecule has 0 heterocycles. The van der Waals surface area contributed by atoms with E-state index in [0.717, 1.165) is 30.9 Å². The van der Waals surface area contributed by atoms with Gasteiger partial charge < -0.3 is 15.4 Å². The van der Waals surface area contributed by atoms with Crippen LogP contribution in [0.15, 0.2) is 41.4 Å². The largest absolute Gasteiger partial charge is 0.573 e. The second-order valence-electron chi connectivity index (χ2n) is 5.49. The van der Waals surface area contributed by atoms with Crippen LogP contribution in [0.4, 0.5) is 13.2 Å². The number of aliphatic imine (C=N–C) groups is 1. The minimum absolute atomic E-state index is 0.210. The van der Waals surface area contributed by atoms with Crippen LogP contribution in [0.5, 0.6) is 5.75 Å². The van der Waals surface area contributed by atoms with Crippen molar-refractivity contribution in [3.8, 4) is 5.75 Å². The summed E-state index contributed by atoms with van der Waals surface area (Å²) in [7, 11) is 0. The molecule has 2 N–H and O–H groups in total. The van der Waals surface area contributed by atoms with E-state index in [4.69, 9.17) is 0 Å². The number of nitrogens with one attached hydrogen (secondary N) is 2. The van der Waals surface area contributed by atoms with Crippen molar-refractivity contribution >= 4 is 5.96 Å². The van der Waals surface area contributed by atoms with Gasteiger partial charge in [-0.15, -0.1) is 13.2 Å². The zero-order valence-electron chi connectivity index (χ0n) is 13.6. The number of ether oxygens (including phenoxy) is 1. The molecule has 0 atom stereocenters. The maximum absolute atomic E-state index is 12.1. The zero-order valence-corrected chi connectivity index (χ0v) is 13.6. The number of halogens is 3.